The molecule has 2 aromatic carbocycles. The zero-order valence-electron chi connectivity index (χ0n) is 11.5. The summed E-state index contributed by atoms with van der Waals surface area (Å²) in [6.07, 6.45) is 1.76. The van der Waals surface area contributed by atoms with E-state index >= 15 is 0 Å². The number of hydrogen-bond donors (Lipinski definition) is 1. The standard InChI is InChI=1S/C17H14BrFN2/c1-20-17(13-8-7-12(18)10-15(13)19)14-6-2-4-11-5-3-9-21-16(11)14/h2-10,17,20H,1H3. The fourth-order valence-corrected chi connectivity index (χ4v) is 2.91. The Morgan fingerprint density at radius 2 is 1.90 bits per heavy atom. The number of nitrogens with one attached hydrogen (secondary N) is 1. The van der Waals surface area contributed by atoms with Gasteiger partial charge in [0.2, 0.25) is 0 Å². The van der Waals surface area contributed by atoms with E-state index in [0.717, 1.165) is 20.9 Å². The minimum absolute atomic E-state index is 0.239. The second-order valence-corrected chi connectivity index (χ2v) is 5.73. The summed E-state index contributed by atoms with van der Waals surface area (Å²) in [6, 6.07) is 14.8. The fourth-order valence-electron chi connectivity index (χ4n) is 2.57. The molecule has 1 unspecified atom stereocenters. The lowest BCUT2D eigenvalue weighted by Gasteiger charge is -2.19. The Bertz CT molecular complexity index is 783. The van der Waals surface area contributed by atoms with Crippen LogP contribution in [-0.4, -0.2) is 12.0 Å². The Labute approximate surface area is 131 Å². The van der Waals surface area contributed by atoms with Gasteiger partial charge in [-0.25, -0.2) is 4.39 Å². The van der Waals surface area contributed by atoms with Crippen LogP contribution in [0.15, 0.2) is 59.2 Å². The van der Waals surface area contributed by atoms with Crippen molar-refractivity contribution in [3.05, 3.63) is 76.1 Å². The summed E-state index contributed by atoms with van der Waals surface area (Å²) in [5, 5.41) is 4.24. The average molecular weight is 345 g/mol. The molecule has 0 radical (unpaired) electrons. The minimum atomic E-state index is -0.239. The molecule has 0 spiro atoms. The first kappa shape index (κ1) is 14.2. The SMILES string of the molecule is CNC(c1ccc(Br)cc1F)c1cccc2cccnc12. The van der Waals surface area contributed by atoms with Crippen molar-refractivity contribution in [2.24, 2.45) is 0 Å². The van der Waals surface area contributed by atoms with Gasteiger partial charge in [-0.3, -0.25) is 4.98 Å². The maximum absolute atomic E-state index is 14.3. The highest BCUT2D eigenvalue weighted by Gasteiger charge is 2.19. The van der Waals surface area contributed by atoms with Crippen molar-refractivity contribution in [3.8, 4) is 0 Å². The molecule has 0 fully saturated rings. The van der Waals surface area contributed by atoms with Crippen molar-refractivity contribution in [3.63, 3.8) is 0 Å². The largest absolute Gasteiger partial charge is 0.309 e. The predicted molar refractivity (Wildman–Crippen MR) is 86.7 cm³/mol. The Morgan fingerprint density at radius 1 is 1.10 bits per heavy atom. The molecule has 0 saturated heterocycles. The second-order valence-electron chi connectivity index (χ2n) is 4.81. The molecule has 1 heterocycles. The van der Waals surface area contributed by atoms with Gasteiger partial charge in [0.15, 0.2) is 0 Å². The number of aromatic nitrogens is 1. The Balaban J connectivity index is 2.18. The monoisotopic (exact) mass is 344 g/mol. The molecule has 0 amide bonds. The van der Waals surface area contributed by atoms with E-state index in [1.165, 1.54) is 6.07 Å². The van der Waals surface area contributed by atoms with Gasteiger partial charge in [-0.1, -0.05) is 46.3 Å². The van der Waals surface area contributed by atoms with E-state index in [9.17, 15) is 4.39 Å². The van der Waals surface area contributed by atoms with Crippen LogP contribution in [0, 0.1) is 5.82 Å². The molecule has 0 aliphatic rings. The number of pyridine rings is 1. The minimum Gasteiger partial charge on any atom is -0.309 e. The summed E-state index contributed by atoms with van der Waals surface area (Å²) in [4.78, 5) is 4.45. The summed E-state index contributed by atoms with van der Waals surface area (Å²) < 4.78 is 15.0. The Morgan fingerprint density at radius 3 is 2.67 bits per heavy atom. The molecule has 2 nitrogen and oxygen atoms in total. The number of fused-ring (bicyclic) bond motifs is 1. The van der Waals surface area contributed by atoms with Gasteiger partial charge >= 0.3 is 0 Å². The topological polar surface area (TPSA) is 24.9 Å². The number of hydrogen-bond acceptors (Lipinski definition) is 2. The molecule has 1 aromatic heterocycles. The normalized spacial score (nSPS) is 12.5. The first-order valence-corrected chi connectivity index (χ1v) is 7.46. The quantitative estimate of drug-likeness (QED) is 0.759. The van der Waals surface area contributed by atoms with Crippen molar-refractivity contribution in [1.29, 1.82) is 0 Å². The first-order chi connectivity index (χ1) is 10.2. The van der Waals surface area contributed by atoms with Crippen molar-refractivity contribution in [2.75, 3.05) is 7.05 Å². The maximum atomic E-state index is 14.3. The van der Waals surface area contributed by atoms with Crippen molar-refractivity contribution in [2.45, 2.75) is 6.04 Å². The van der Waals surface area contributed by atoms with Crippen molar-refractivity contribution in [1.82, 2.24) is 10.3 Å². The molecule has 3 aromatic rings. The van der Waals surface area contributed by atoms with Crippen LogP contribution in [-0.2, 0) is 0 Å². The number of rotatable bonds is 3. The van der Waals surface area contributed by atoms with Crippen molar-refractivity contribution < 1.29 is 4.39 Å². The van der Waals surface area contributed by atoms with Gasteiger partial charge in [-0.2, -0.15) is 0 Å². The molecule has 21 heavy (non-hydrogen) atoms. The third-order valence-corrected chi connectivity index (χ3v) is 4.03. The van der Waals surface area contributed by atoms with Crippen LogP contribution in [0.1, 0.15) is 17.2 Å². The maximum Gasteiger partial charge on any atom is 0.129 e. The summed E-state index contributed by atoms with van der Waals surface area (Å²) in [5.41, 5.74) is 2.47. The lowest BCUT2D eigenvalue weighted by Crippen LogP contribution is -2.19. The van der Waals surface area contributed by atoms with E-state index in [2.05, 4.69) is 26.2 Å². The van der Waals surface area contributed by atoms with Gasteiger partial charge in [0.05, 0.1) is 11.6 Å². The molecule has 0 saturated carbocycles. The molecule has 1 atom stereocenters. The molecule has 0 aliphatic carbocycles. The zero-order chi connectivity index (χ0) is 14.8. The Kier molecular flexibility index (Phi) is 3.99. The van der Waals surface area contributed by atoms with Crippen molar-refractivity contribution >= 4 is 26.8 Å². The first-order valence-electron chi connectivity index (χ1n) is 6.66. The van der Waals surface area contributed by atoms with Gasteiger partial charge in [0.25, 0.3) is 0 Å². The van der Waals surface area contributed by atoms with Crippen LogP contribution in [0.25, 0.3) is 10.9 Å². The number of benzene rings is 2. The van der Waals surface area contributed by atoms with Crippen LogP contribution in [0.2, 0.25) is 0 Å². The average Bonchev–Trinajstić information content (AvgIpc) is 2.50. The number of para-hydroxylation sites is 1. The molecular weight excluding hydrogens is 331 g/mol. The lowest BCUT2D eigenvalue weighted by atomic mass is 9.96. The third-order valence-electron chi connectivity index (χ3n) is 3.54. The summed E-state index contributed by atoms with van der Waals surface area (Å²) in [5.74, 6) is -0.239. The van der Waals surface area contributed by atoms with Gasteiger partial charge in [-0.05, 0) is 30.8 Å². The molecule has 4 heteroatoms. The van der Waals surface area contributed by atoms with E-state index in [0.29, 0.717) is 5.56 Å². The summed E-state index contributed by atoms with van der Waals surface area (Å²) in [6.45, 7) is 0. The van der Waals surface area contributed by atoms with E-state index in [1.54, 1.807) is 12.3 Å². The molecular formula is C17H14BrFN2. The van der Waals surface area contributed by atoms with E-state index in [1.807, 2.05) is 43.4 Å². The summed E-state index contributed by atoms with van der Waals surface area (Å²) in [7, 11) is 1.83. The predicted octanol–water partition coefficient (Wildman–Crippen LogP) is 4.45. The van der Waals surface area contributed by atoms with Crippen LogP contribution >= 0.6 is 15.9 Å². The lowest BCUT2D eigenvalue weighted by molar-refractivity contribution is 0.576. The molecule has 1 N–H and O–H groups in total. The number of nitrogens with zero attached hydrogens (tertiary/aromatic N) is 1. The zero-order valence-corrected chi connectivity index (χ0v) is 13.1. The molecule has 3 rings (SSSR count). The van der Waals surface area contributed by atoms with Gasteiger partial charge in [-0.15, -0.1) is 0 Å². The van der Waals surface area contributed by atoms with Gasteiger partial charge < -0.3 is 5.32 Å². The van der Waals surface area contributed by atoms with Crippen LogP contribution in [0.5, 0.6) is 0 Å². The van der Waals surface area contributed by atoms with E-state index in [-0.39, 0.29) is 11.9 Å². The van der Waals surface area contributed by atoms with Crippen LogP contribution in [0.3, 0.4) is 0 Å². The highest BCUT2D eigenvalue weighted by Crippen LogP contribution is 2.30. The van der Waals surface area contributed by atoms with Crippen LogP contribution < -0.4 is 5.32 Å². The van der Waals surface area contributed by atoms with Gasteiger partial charge in [0.1, 0.15) is 5.82 Å². The van der Waals surface area contributed by atoms with Crippen LogP contribution in [0.4, 0.5) is 4.39 Å². The molecule has 0 bridgehead atoms. The highest BCUT2D eigenvalue weighted by atomic mass is 79.9. The fraction of sp³-hybridized carbons (Fsp3) is 0.118. The smallest absolute Gasteiger partial charge is 0.129 e. The van der Waals surface area contributed by atoms with E-state index in [4.69, 9.17) is 0 Å². The molecule has 0 aliphatic heterocycles. The van der Waals surface area contributed by atoms with Gasteiger partial charge in [0, 0.05) is 21.6 Å². The number of halogens is 2. The van der Waals surface area contributed by atoms with E-state index < -0.39 is 0 Å². The second kappa shape index (κ2) is 5.92. The Hall–Kier alpha value is -1.78. The third kappa shape index (κ3) is 2.69. The molecule has 106 valence electrons. The summed E-state index contributed by atoms with van der Waals surface area (Å²) >= 11 is 3.29. The highest BCUT2D eigenvalue weighted by molar-refractivity contribution is 9.10.